The van der Waals surface area contributed by atoms with Crippen molar-refractivity contribution in [1.82, 2.24) is 19.7 Å². The second kappa shape index (κ2) is 5.72. The van der Waals surface area contributed by atoms with Crippen LogP contribution < -0.4 is 0 Å². The van der Waals surface area contributed by atoms with E-state index in [1.807, 2.05) is 11.6 Å². The minimum absolute atomic E-state index is 0.135. The number of hydrogen-bond donors (Lipinski definition) is 0. The van der Waals surface area contributed by atoms with Crippen LogP contribution in [0.1, 0.15) is 29.3 Å². The minimum atomic E-state index is -4.28. The van der Waals surface area contributed by atoms with Crippen molar-refractivity contribution in [2.24, 2.45) is 7.05 Å². The summed E-state index contributed by atoms with van der Waals surface area (Å²) in [4.78, 5) is 2.20. The summed E-state index contributed by atoms with van der Waals surface area (Å²) in [6, 6.07) is 5.67. The fraction of sp³-hybridized carbons (Fsp3) is 0.467. The van der Waals surface area contributed by atoms with Crippen LogP contribution in [0, 0.1) is 0 Å². The normalized spacial score (nSPS) is 19.7. The molecule has 0 spiro atoms. The number of nitrogens with zero attached hydrogens (tertiary/aromatic N) is 4. The Bertz CT molecular complexity index is 650. The zero-order valence-corrected chi connectivity index (χ0v) is 12.2. The maximum Gasteiger partial charge on any atom is 0.416 e. The third-order valence-corrected chi connectivity index (χ3v) is 4.13. The third-order valence-electron chi connectivity index (χ3n) is 4.13. The van der Waals surface area contributed by atoms with Gasteiger partial charge in [-0.05, 0) is 30.5 Å². The second-order valence-electron chi connectivity index (χ2n) is 5.70. The summed E-state index contributed by atoms with van der Waals surface area (Å²) in [6.07, 6.45) is -1.78. The molecule has 0 amide bonds. The van der Waals surface area contributed by atoms with Gasteiger partial charge in [0.1, 0.15) is 12.2 Å². The van der Waals surface area contributed by atoms with Gasteiger partial charge in [0.05, 0.1) is 12.1 Å². The van der Waals surface area contributed by atoms with E-state index < -0.39 is 11.7 Å². The summed E-state index contributed by atoms with van der Waals surface area (Å²) in [5, 5.41) is 7.89. The Hall–Kier alpha value is -1.89. The predicted molar refractivity (Wildman–Crippen MR) is 75.1 cm³/mol. The van der Waals surface area contributed by atoms with Crippen molar-refractivity contribution in [1.29, 1.82) is 0 Å². The largest absolute Gasteiger partial charge is 0.416 e. The Balaban J connectivity index is 1.69. The van der Waals surface area contributed by atoms with Crippen LogP contribution >= 0.6 is 0 Å². The van der Waals surface area contributed by atoms with Crippen molar-refractivity contribution in [3.05, 3.63) is 47.5 Å². The van der Waals surface area contributed by atoms with Crippen LogP contribution in [0.5, 0.6) is 0 Å². The highest BCUT2D eigenvalue weighted by Crippen LogP contribution is 2.33. The molecule has 0 saturated carbocycles. The van der Waals surface area contributed by atoms with Gasteiger partial charge in [-0.25, -0.2) is 0 Å². The number of hydrogen-bond acceptors (Lipinski definition) is 3. The van der Waals surface area contributed by atoms with Crippen molar-refractivity contribution < 1.29 is 13.2 Å². The predicted octanol–water partition coefficient (Wildman–Crippen LogP) is 2.82. The quantitative estimate of drug-likeness (QED) is 0.874. The van der Waals surface area contributed by atoms with Crippen LogP contribution in [0.2, 0.25) is 0 Å². The molecule has 2 aromatic rings. The lowest BCUT2D eigenvalue weighted by Crippen LogP contribution is -2.21. The first kappa shape index (κ1) is 15.0. The number of alkyl halides is 3. The molecule has 1 aliphatic heterocycles. The summed E-state index contributed by atoms with van der Waals surface area (Å²) < 4.78 is 40.3. The highest BCUT2D eigenvalue weighted by atomic mass is 19.4. The van der Waals surface area contributed by atoms with E-state index in [4.69, 9.17) is 0 Å². The van der Waals surface area contributed by atoms with E-state index in [9.17, 15) is 13.2 Å². The molecule has 1 aliphatic rings. The lowest BCUT2D eigenvalue weighted by molar-refractivity contribution is -0.137. The Morgan fingerprint density at radius 2 is 2.14 bits per heavy atom. The van der Waals surface area contributed by atoms with Gasteiger partial charge < -0.3 is 4.57 Å². The van der Waals surface area contributed by atoms with Gasteiger partial charge in [0.25, 0.3) is 0 Å². The first-order valence-corrected chi connectivity index (χ1v) is 7.16. The second-order valence-corrected chi connectivity index (χ2v) is 5.70. The molecule has 4 nitrogen and oxygen atoms in total. The smallest absolute Gasteiger partial charge is 0.320 e. The van der Waals surface area contributed by atoms with Gasteiger partial charge in [-0.1, -0.05) is 18.2 Å². The number of aromatic nitrogens is 3. The number of halogens is 3. The van der Waals surface area contributed by atoms with Crippen molar-refractivity contribution in [2.45, 2.75) is 25.1 Å². The standard InChI is InChI=1S/C15H17F3N4/c1-21-10-19-20-14(21)9-22-6-5-12(8-22)11-3-2-4-13(7-11)15(16,17)18/h2-4,7,10,12H,5-6,8-9H2,1H3. The number of benzene rings is 1. The highest BCUT2D eigenvalue weighted by molar-refractivity contribution is 5.29. The summed E-state index contributed by atoms with van der Waals surface area (Å²) in [7, 11) is 1.88. The number of rotatable bonds is 3. The molecular weight excluding hydrogens is 293 g/mol. The lowest BCUT2D eigenvalue weighted by Gasteiger charge is -2.16. The van der Waals surface area contributed by atoms with Gasteiger partial charge in [0.2, 0.25) is 0 Å². The summed E-state index contributed by atoms with van der Waals surface area (Å²) in [5.74, 6) is 1.00. The van der Waals surface area contributed by atoms with E-state index in [0.717, 1.165) is 37.0 Å². The van der Waals surface area contributed by atoms with Crippen LogP contribution in [0.15, 0.2) is 30.6 Å². The molecule has 0 radical (unpaired) electrons. The summed E-state index contributed by atoms with van der Waals surface area (Å²) in [5.41, 5.74) is 0.187. The molecule has 1 aromatic heterocycles. The molecule has 1 unspecified atom stereocenters. The Morgan fingerprint density at radius 1 is 1.32 bits per heavy atom. The van der Waals surface area contributed by atoms with Gasteiger partial charge in [-0.15, -0.1) is 10.2 Å². The fourth-order valence-electron chi connectivity index (χ4n) is 2.87. The zero-order chi connectivity index (χ0) is 15.7. The zero-order valence-electron chi connectivity index (χ0n) is 12.2. The molecular formula is C15H17F3N4. The van der Waals surface area contributed by atoms with E-state index in [1.165, 1.54) is 12.1 Å². The maximum atomic E-state index is 12.8. The Kier molecular flexibility index (Phi) is 3.90. The van der Waals surface area contributed by atoms with Gasteiger partial charge in [-0.2, -0.15) is 13.2 Å². The number of aryl methyl sites for hydroxylation is 1. The van der Waals surface area contributed by atoms with Crippen molar-refractivity contribution in [3.8, 4) is 0 Å². The summed E-state index contributed by atoms with van der Waals surface area (Å²) in [6.45, 7) is 2.27. The molecule has 118 valence electrons. The van der Waals surface area contributed by atoms with Gasteiger partial charge in [-0.3, -0.25) is 4.90 Å². The van der Waals surface area contributed by atoms with Crippen LogP contribution in [-0.2, 0) is 19.8 Å². The average Bonchev–Trinajstić information content (AvgIpc) is 3.09. The molecule has 1 atom stereocenters. The van der Waals surface area contributed by atoms with Crippen molar-refractivity contribution >= 4 is 0 Å². The van der Waals surface area contributed by atoms with Crippen LogP contribution in [0.4, 0.5) is 13.2 Å². The molecule has 1 fully saturated rings. The average molecular weight is 310 g/mol. The molecule has 7 heteroatoms. The van der Waals surface area contributed by atoms with E-state index in [0.29, 0.717) is 6.54 Å². The molecule has 0 aliphatic carbocycles. The molecule has 1 aromatic carbocycles. The maximum absolute atomic E-state index is 12.8. The molecule has 2 heterocycles. The summed E-state index contributed by atoms with van der Waals surface area (Å²) >= 11 is 0. The lowest BCUT2D eigenvalue weighted by atomic mass is 9.96. The Labute approximate surface area is 126 Å². The monoisotopic (exact) mass is 310 g/mol. The van der Waals surface area contributed by atoms with E-state index in [1.54, 1.807) is 12.4 Å². The van der Waals surface area contributed by atoms with E-state index in [-0.39, 0.29) is 5.92 Å². The first-order valence-electron chi connectivity index (χ1n) is 7.16. The van der Waals surface area contributed by atoms with Crippen molar-refractivity contribution in [3.63, 3.8) is 0 Å². The van der Waals surface area contributed by atoms with Gasteiger partial charge >= 0.3 is 6.18 Å². The molecule has 0 bridgehead atoms. The van der Waals surface area contributed by atoms with Crippen LogP contribution in [0.25, 0.3) is 0 Å². The molecule has 1 saturated heterocycles. The topological polar surface area (TPSA) is 34.0 Å². The molecule has 0 N–H and O–H groups in total. The minimum Gasteiger partial charge on any atom is -0.320 e. The molecule has 22 heavy (non-hydrogen) atoms. The van der Waals surface area contributed by atoms with Gasteiger partial charge in [0.15, 0.2) is 0 Å². The Morgan fingerprint density at radius 3 is 2.82 bits per heavy atom. The van der Waals surface area contributed by atoms with Crippen LogP contribution in [-0.4, -0.2) is 32.8 Å². The van der Waals surface area contributed by atoms with E-state index >= 15 is 0 Å². The van der Waals surface area contributed by atoms with Gasteiger partial charge in [0, 0.05) is 13.6 Å². The van der Waals surface area contributed by atoms with Crippen molar-refractivity contribution in [2.75, 3.05) is 13.1 Å². The SMILES string of the molecule is Cn1cnnc1CN1CCC(c2cccc(C(F)(F)F)c2)C1. The fourth-order valence-corrected chi connectivity index (χ4v) is 2.87. The highest BCUT2D eigenvalue weighted by Gasteiger charge is 2.32. The first-order chi connectivity index (χ1) is 10.4. The number of likely N-dealkylation sites (tertiary alicyclic amines) is 1. The van der Waals surface area contributed by atoms with E-state index in [2.05, 4.69) is 15.1 Å². The third kappa shape index (κ3) is 3.14. The van der Waals surface area contributed by atoms with Crippen LogP contribution in [0.3, 0.4) is 0 Å². The molecule has 3 rings (SSSR count).